The molecule has 1 unspecified atom stereocenters. The number of nitrogens with zero attached hydrogens (tertiary/aromatic N) is 3. The third-order valence-electron chi connectivity index (χ3n) is 7.94. The average Bonchev–Trinajstić information content (AvgIpc) is 3.49. The van der Waals surface area contributed by atoms with Crippen LogP contribution in [0.5, 0.6) is 17.2 Å². The molecule has 0 aliphatic carbocycles. The van der Waals surface area contributed by atoms with E-state index < -0.39 is 0 Å². The van der Waals surface area contributed by atoms with E-state index in [0.717, 1.165) is 58.1 Å². The third kappa shape index (κ3) is 3.19. The van der Waals surface area contributed by atoms with Crippen molar-refractivity contribution in [1.29, 1.82) is 0 Å². The molecule has 6 nitrogen and oxygen atoms in total. The maximum Gasteiger partial charge on any atom is 0.165 e. The smallest absolute Gasteiger partial charge is 0.165 e. The van der Waals surface area contributed by atoms with Crippen molar-refractivity contribution in [2.24, 2.45) is 0 Å². The molecule has 0 N–H and O–H groups in total. The highest BCUT2D eigenvalue weighted by Gasteiger charge is 2.51. The number of hydrogen-bond acceptors (Lipinski definition) is 6. The quantitative estimate of drug-likeness (QED) is 0.314. The van der Waals surface area contributed by atoms with Gasteiger partial charge in [0, 0.05) is 47.2 Å². The van der Waals surface area contributed by atoms with Crippen LogP contribution in [0.15, 0.2) is 91.3 Å². The number of ether oxygens (including phenoxy) is 3. The SMILES string of the molecule is c1ccc(CN2CC3(COc4cc5c(cc43)OCCO5)c3c(-c4cnc5ccccc5c4)cccc32)nc1. The molecule has 0 fully saturated rings. The molecule has 1 spiro atoms. The lowest BCUT2D eigenvalue weighted by atomic mass is 9.74. The van der Waals surface area contributed by atoms with Crippen LogP contribution in [-0.2, 0) is 12.0 Å². The van der Waals surface area contributed by atoms with Crippen LogP contribution in [-0.4, -0.2) is 36.3 Å². The monoisotopic (exact) mass is 499 g/mol. The van der Waals surface area contributed by atoms with Crippen molar-refractivity contribution in [2.75, 3.05) is 31.3 Å². The Morgan fingerprint density at radius 3 is 2.55 bits per heavy atom. The first-order valence-electron chi connectivity index (χ1n) is 13.0. The number of anilines is 1. The molecule has 38 heavy (non-hydrogen) atoms. The lowest BCUT2D eigenvalue weighted by Crippen LogP contribution is -2.36. The van der Waals surface area contributed by atoms with Gasteiger partial charge < -0.3 is 19.1 Å². The largest absolute Gasteiger partial charge is 0.492 e. The van der Waals surface area contributed by atoms with Crippen molar-refractivity contribution >= 4 is 16.6 Å². The summed E-state index contributed by atoms with van der Waals surface area (Å²) in [6.07, 6.45) is 3.85. The Kier molecular flexibility index (Phi) is 4.65. The number of rotatable bonds is 3. The van der Waals surface area contributed by atoms with Gasteiger partial charge in [-0.1, -0.05) is 36.4 Å². The molecular formula is C32H25N3O3. The molecule has 3 aliphatic rings. The second kappa shape index (κ2) is 8.21. The summed E-state index contributed by atoms with van der Waals surface area (Å²) >= 11 is 0. The summed E-state index contributed by atoms with van der Waals surface area (Å²) in [4.78, 5) is 11.9. The Labute approximate surface area is 220 Å². The fraction of sp³-hybridized carbons (Fsp3) is 0.188. The zero-order valence-corrected chi connectivity index (χ0v) is 20.8. The predicted octanol–water partition coefficient (Wildman–Crippen LogP) is 5.77. The van der Waals surface area contributed by atoms with Crippen LogP contribution >= 0.6 is 0 Å². The Morgan fingerprint density at radius 1 is 0.789 bits per heavy atom. The first-order chi connectivity index (χ1) is 18.8. The second-order valence-corrected chi connectivity index (χ2v) is 10.2. The Hall–Kier alpha value is -4.58. The molecule has 8 rings (SSSR count). The van der Waals surface area contributed by atoms with Crippen molar-refractivity contribution in [2.45, 2.75) is 12.0 Å². The summed E-state index contributed by atoms with van der Waals surface area (Å²) in [5.41, 5.74) is 7.56. The minimum absolute atomic E-state index is 0.364. The number of fused-ring (bicyclic) bond motifs is 6. The topological polar surface area (TPSA) is 56.7 Å². The van der Waals surface area contributed by atoms with E-state index >= 15 is 0 Å². The Balaban J connectivity index is 1.34. The fourth-order valence-corrected chi connectivity index (χ4v) is 6.26. The standard InChI is InChI=1S/C32H25N3O3/c1-2-9-26-21(6-1)14-22(17-34-26)24-8-5-10-27-31(24)32(19-35(27)18-23-7-3-4-11-33-23)20-38-28-16-30-29(15-25(28)32)36-12-13-37-30/h1-11,14-17H,12-13,18-20H2. The van der Waals surface area contributed by atoms with Gasteiger partial charge in [-0.05, 0) is 47.5 Å². The zero-order chi connectivity index (χ0) is 25.1. The van der Waals surface area contributed by atoms with E-state index in [0.29, 0.717) is 19.8 Å². The Morgan fingerprint density at radius 2 is 1.66 bits per heavy atom. The summed E-state index contributed by atoms with van der Waals surface area (Å²) in [6.45, 7) is 3.15. The van der Waals surface area contributed by atoms with E-state index in [9.17, 15) is 0 Å². The number of hydrogen-bond donors (Lipinski definition) is 0. The highest BCUT2D eigenvalue weighted by atomic mass is 16.6. The summed E-state index contributed by atoms with van der Waals surface area (Å²) in [5.74, 6) is 2.41. The zero-order valence-electron chi connectivity index (χ0n) is 20.8. The molecule has 0 amide bonds. The van der Waals surface area contributed by atoms with Gasteiger partial charge in [0.25, 0.3) is 0 Å². The van der Waals surface area contributed by atoms with Crippen LogP contribution in [0.4, 0.5) is 5.69 Å². The molecule has 3 aliphatic heterocycles. The highest BCUT2D eigenvalue weighted by Crippen LogP contribution is 2.56. The summed E-state index contributed by atoms with van der Waals surface area (Å²) in [7, 11) is 0. The molecule has 0 bridgehead atoms. The van der Waals surface area contributed by atoms with Crippen LogP contribution in [0.2, 0.25) is 0 Å². The van der Waals surface area contributed by atoms with Crippen LogP contribution in [0.25, 0.3) is 22.0 Å². The predicted molar refractivity (Wildman–Crippen MR) is 146 cm³/mol. The summed E-state index contributed by atoms with van der Waals surface area (Å²) < 4.78 is 18.3. The van der Waals surface area contributed by atoms with Crippen molar-refractivity contribution in [3.8, 4) is 28.4 Å². The Bertz CT molecular complexity index is 1700. The van der Waals surface area contributed by atoms with E-state index in [1.165, 1.54) is 16.8 Å². The normalized spacial score (nSPS) is 18.9. The van der Waals surface area contributed by atoms with Crippen molar-refractivity contribution < 1.29 is 14.2 Å². The lowest BCUT2D eigenvalue weighted by molar-refractivity contribution is 0.171. The maximum atomic E-state index is 6.43. The number of para-hydroxylation sites is 1. The van der Waals surface area contributed by atoms with Crippen molar-refractivity contribution in [3.63, 3.8) is 0 Å². The molecule has 6 heteroatoms. The minimum atomic E-state index is -0.364. The van der Waals surface area contributed by atoms with Gasteiger partial charge in [0.1, 0.15) is 25.6 Å². The van der Waals surface area contributed by atoms with Gasteiger partial charge in [-0.2, -0.15) is 0 Å². The van der Waals surface area contributed by atoms with Crippen LogP contribution < -0.4 is 19.1 Å². The molecule has 0 radical (unpaired) electrons. The minimum Gasteiger partial charge on any atom is -0.492 e. The van der Waals surface area contributed by atoms with E-state index in [4.69, 9.17) is 19.2 Å². The third-order valence-corrected chi connectivity index (χ3v) is 7.94. The average molecular weight is 500 g/mol. The molecule has 186 valence electrons. The summed E-state index contributed by atoms with van der Waals surface area (Å²) in [6, 6.07) is 27.3. The molecule has 0 saturated carbocycles. The number of pyridine rings is 2. The highest BCUT2D eigenvalue weighted by molar-refractivity contribution is 5.88. The molecule has 2 aromatic heterocycles. The van der Waals surface area contributed by atoms with Gasteiger partial charge in [-0.3, -0.25) is 9.97 Å². The van der Waals surface area contributed by atoms with Crippen LogP contribution in [0.1, 0.15) is 16.8 Å². The first-order valence-corrected chi connectivity index (χ1v) is 13.0. The lowest BCUT2D eigenvalue weighted by Gasteiger charge is -2.27. The van der Waals surface area contributed by atoms with E-state index in [2.05, 4.69) is 64.5 Å². The molecule has 5 heterocycles. The van der Waals surface area contributed by atoms with Gasteiger partial charge in [-0.25, -0.2) is 0 Å². The fourth-order valence-electron chi connectivity index (χ4n) is 6.26. The van der Waals surface area contributed by atoms with Gasteiger partial charge in [0.15, 0.2) is 11.5 Å². The molecule has 5 aromatic rings. The molecule has 3 aromatic carbocycles. The van der Waals surface area contributed by atoms with Gasteiger partial charge >= 0.3 is 0 Å². The van der Waals surface area contributed by atoms with Crippen molar-refractivity contribution in [1.82, 2.24) is 9.97 Å². The molecule has 1 atom stereocenters. The summed E-state index contributed by atoms with van der Waals surface area (Å²) in [5, 5.41) is 1.13. The maximum absolute atomic E-state index is 6.43. The van der Waals surface area contributed by atoms with Crippen LogP contribution in [0.3, 0.4) is 0 Å². The van der Waals surface area contributed by atoms with E-state index in [1.807, 2.05) is 36.7 Å². The second-order valence-electron chi connectivity index (χ2n) is 10.2. The van der Waals surface area contributed by atoms with E-state index in [1.54, 1.807) is 0 Å². The molecular weight excluding hydrogens is 474 g/mol. The van der Waals surface area contributed by atoms with Gasteiger partial charge in [0.2, 0.25) is 0 Å². The van der Waals surface area contributed by atoms with Gasteiger partial charge in [-0.15, -0.1) is 0 Å². The van der Waals surface area contributed by atoms with Crippen LogP contribution in [0, 0.1) is 0 Å². The first kappa shape index (κ1) is 21.5. The number of aromatic nitrogens is 2. The van der Waals surface area contributed by atoms with Gasteiger partial charge in [0.05, 0.1) is 23.2 Å². The molecule has 0 saturated heterocycles. The van der Waals surface area contributed by atoms with Crippen molar-refractivity contribution in [3.05, 3.63) is 108 Å². The van der Waals surface area contributed by atoms with E-state index in [-0.39, 0.29) is 5.41 Å². The number of benzene rings is 3.